The predicted octanol–water partition coefficient (Wildman–Crippen LogP) is 3.05. The van der Waals surface area contributed by atoms with E-state index in [1.54, 1.807) is 0 Å². The zero-order valence-electron chi connectivity index (χ0n) is 10.5. The van der Waals surface area contributed by atoms with Crippen molar-refractivity contribution in [3.8, 4) is 0 Å². The SMILES string of the molecule is Cc1nc(CNc2ccncc2C(F)(F)F)[nH]c1C. The van der Waals surface area contributed by atoms with Crippen LogP contribution in [0.15, 0.2) is 18.5 Å². The minimum atomic E-state index is -4.43. The number of H-pyrrole nitrogens is 1. The Kier molecular flexibility index (Phi) is 3.46. The van der Waals surface area contributed by atoms with E-state index >= 15 is 0 Å². The van der Waals surface area contributed by atoms with Gasteiger partial charge in [0.15, 0.2) is 0 Å². The summed E-state index contributed by atoms with van der Waals surface area (Å²) in [6, 6.07) is 1.30. The number of anilines is 1. The van der Waals surface area contributed by atoms with E-state index in [2.05, 4.69) is 20.3 Å². The lowest BCUT2D eigenvalue weighted by atomic mass is 10.2. The van der Waals surface area contributed by atoms with Crippen LogP contribution in [-0.4, -0.2) is 15.0 Å². The summed E-state index contributed by atoms with van der Waals surface area (Å²) >= 11 is 0. The van der Waals surface area contributed by atoms with Crippen molar-refractivity contribution in [3.05, 3.63) is 41.2 Å². The summed E-state index contributed by atoms with van der Waals surface area (Å²) in [5.41, 5.74) is 0.953. The molecule has 2 aromatic rings. The lowest BCUT2D eigenvalue weighted by Crippen LogP contribution is -2.11. The van der Waals surface area contributed by atoms with Crippen LogP contribution in [0, 0.1) is 13.8 Å². The standard InChI is InChI=1S/C12H13F3N4/c1-7-8(2)19-11(18-7)6-17-10-3-4-16-5-9(10)12(13,14)15/h3-5H,6H2,1-2H3,(H,16,17)(H,18,19). The quantitative estimate of drug-likeness (QED) is 0.901. The molecule has 0 unspecified atom stereocenters. The van der Waals surface area contributed by atoms with E-state index in [-0.39, 0.29) is 12.2 Å². The topological polar surface area (TPSA) is 53.6 Å². The first-order valence-corrected chi connectivity index (χ1v) is 5.65. The molecule has 2 N–H and O–H groups in total. The van der Waals surface area contributed by atoms with Gasteiger partial charge in [0.2, 0.25) is 0 Å². The molecule has 2 rings (SSSR count). The average molecular weight is 270 g/mol. The highest BCUT2D eigenvalue weighted by Crippen LogP contribution is 2.34. The van der Waals surface area contributed by atoms with E-state index in [1.807, 2.05) is 13.8 Å². The average Bonchev–Trinajstić information content (AvgIpc) is 2.65. The molecule has 0 aliphatic carbocycles. The number of hydrogen-bond donors (Lipinski definition) is 2. The van der Waals surface area contributed by atoms with Crippen molar-refractivity contribution in [1.29, 1.82) is 0 Å². The van der Waals surface area contributed by atoms with Crippen molar-refractivity contribution < 1.29 is 13.2 Å². The second kappa shape index (κ2) is 4.91. The zero-order chi connectivity index (χ0) is 14.0. The van der Waals surface area contributed by atoms with Gasteiger partial charge in [-0.05, 0) is 19.9 Å². The maximum atomic E-state index is 12.7. The van der Waals surface area contributed by atoms with Gasteiger partial charge in [-0.15, -0.1) is 0 Å². The molecule has 0 bridgehead atoms. The molecule has 7 heteroatoms. The van der Waals surface area contributed by atoms with Crippen LogP contribution in [0.1, 0.15) is 22.8 Å². The fourth-order valence-corrected chi connectivity index (χ4v) is 1.66. The molecular weight excluding hydrogens is 257 g/mol. The van der Waals surface area contributed by atoms with Gasteiger partial charge in [0.05, 0.1) is 17.8 Å². The third-order valence-electron chi connectivity index (χ3n) is 2.75. The summed E-state index contributed by atoms with van der Waals surface area (Å²) in [7, 11) is 0. The number of alkyl halides is 3. The van der Waals surface area contributed by atoms with E-state index in [0.29, 0.717) is 5.82 Å². The van der Waals surface area contributed by atoms with E-state index in [0.717, 1.165) is 17.6 Å². The minimum Gasteiger partial charge on any atom is -0.377 e. The number of imidazole rings is 1. The molecule has 0 radical (unpaired) electrons. The molecule has 0 amide bonds. The maximum absolute atomic E-state index is 12.7. The highest BCUT2D eigenvalue weighted by atomic mass is 19.4. The summed E-state index contributed by atoms with van der Waals surface area (Å²) in [6.45, 7) is 3.89. The molecule has 0 spiro atoms. The van der Waals surface area contributed by atoms with Crippen molar-refractivity contribution in [3.63, 3.8) is 0 Å². The Bertz CT molecular complexity index is 555. The van der Waals surface area contributed by atoms with Gasteiger partial charge in [-0.1, -0.05) is 0 Å². The molecule has 4 nitrogen and oxygen atoms in total. The second-order valence-electron chi connectivity index (χ2n) is 4.17. The van der Waals surface area contributed by atoms with Crippen LogP contribution < -0.4 is 5.32 Å². The van der Waals surface area contributed by atoms with E-state index < -0.39 is 11.7 Å². The van der Waals surface area contributed by atoms with Crippen molar-refractivity contribution in [2.24, 2.45) is 0 Å². The first-order valence-electron chi connectivity index (χ1n) is 5.65. The lowest BCUT2D eigenvalue weighted by Gasteiger charge is -2.12. The smallest absolute Gasteiger partial charge is 0.377 e. The third kappa shape index (κ3) is 3.04. The fourth-order valence-electron chi connectivity index (χ4n) is 1.66. The molecule has 2 aromatic heterocycles. The summed E-state index contributed by atoms with van der Waals surface area (Å²) in [5.74, 6) is 0.597. The van der Waals surface area contributed by atoms with Gasteiger partial charge < -0.3 is 10.3 Å². The van der Waals surface area contributed by atoms with Crippen LogP contribution in [0.3, 0.4) is 0 Å². The molecule has 0 saturated carbocycles. The Balaban J connectivity index is 2.16. The van der Waals surface area contributed by atoms with Crippen LogP contribution in [-0.2, 0) is 12.7 Å². The first kappa shape index (κ1) is 13.4. The molecule has 0 saturated heterocycles. The van der Waals surface area contributed by atoms with Gasteiger partial charge in [-0.2, -0.15) is 13.2 Å². The van der Waals surface area contributed by atoms with Gasteiger partial charge >= 0.3 is 6.18 Å². The zero-order valence-corrected chi connectivity index (χ0v) is 10.5. The van der Waals surface area contributed by atoms with E-state index in [1.165, 1.54) is 12.3 Å². The van der Waals surface area contributed by atoms with Crippen LogP contribution in [0.25, 0.3) is 0 Å². The largest absolute Gasteiger partial charge is 0.419 e. The number of aromatic nitrogens is 3. The summed E-state index contributed by atoms with van der Waals surface area (Å²) in [4.78, 5) is 10.7. The molecule has 19 heavy (non-hydrogen) atoms. The Hall–Kier alpha value is -2.05. The third-order valence-corrected chi connectivity index (χ3v) is 2.75. The number of aryl methyl sites for hydroxylation is 2. The maximum Gasteiger partial charge on any atom is 0.419 e. The number of rotatable bonds is 3. The minimum absolute atomic E-state index is 0.00536. The lowest BCUT2D eigenvalue weighted by molar-refractivity contribution is -0.137. The van der Waals surface area contributed by atoms with Gasteiger partial charge in [-0.25, -0.2) is 4.98 Å². The molecule has 102 valence electrons. The van der Waals surface area contributed by atoms with Crippen molar-refractivity contribution in [2.45, 2.75) is 26.6 Å². The summed E-state index contributed by atoms with van der Waals surface area (Å²) in [6.07, 6.45) is -2.30. The number of halogens is 3. The van der Waals surface area contributed by atoms with Gasteiger partial charge in [0.25, 0.3) is 0 Å². The van der Waals surface area contributed by atoms with Gasteiger partial charge in [0, 0.05) is 23.8 Å². The van der Waals surface area contributed by atoms with Crippen molar-refractivity contribution in [1.82, 2.24) is 15.0 Å². The molecule has 0 aliphatic heterocycles. The number of nitrogens with one attached hydrogen (secondary N) is 2. The summed E-state index contributed by atoms with van der Waals surface area (Å²) < 4.78 is 38.2. The monoisotopic (exact) mass is 270 g/mol. The van der Waals surface area contributed by atoms with Crippen molar-refractivity contribution >= 4 is 5.69 Å². The van der Waals surface area contributed by atoms with Crippen LogP contribution >= 0.6 is 0 Å². The normalized spacial score (nSPS) is 11.6. The Labute approximate surface area is 108 Å². The number of pyridine rings is 1. The molecule has 0 atom stereocenters. The first-order chi connectivity index (χ1) is 8.88. The molecule has 0 aromatic carbocycles. The van der Waals surface area contributed by atoms with Crippen LogP contribution in [0.5, 0.6) is 0 Å². The van der Waals surface area contributed by atoms with Crippen LogP contribution in [0.2, 0.25) is 0 Å². The fraction of sp³-hybridized carbons (Fsp3) is 0.333. The van der Waals surface area contributed by atoms with Crippen molar-refractivity contribution in [2.75, 3.05) is 5.32 Å². The van der Waals surface area contributed by atoms with Crippen LogP contribution in [0.4, 0.5) is 18.9 Å². The number of nitrogens with zero attached hydrogens (tertiary/aromatic N) is 2. The molecular formula is C12H13F3N4. The number of hydrogen-bond acceptors (Lipinski definition) is 3. The van der Waals surface area contributed by atoms with Gasteiger partial charge in [-0.3, -0.25) is 4.98 Å². The van der Waals surface area contributed by atoms with E-state index in [4.69, 9.17) is 0 Å². The highest BCUT2D eigenvalue weighted by Gasteiger charge is 2.33. The Morgan fingerprint density at radius 3 is 2.63 bits per heavy atom. The van der Waals surface area contributed by atoms with Gasteiger partial charge in [0.1, 0.15) is 5.82 Å². The second-order valence-corrected chi connectivity index (χ2v) is 4.17. The Morgan fingerprint density at radius 1 is 1.32 bits per heavy atom. The summed E-state index contributed by atoms with van der Waals surface area (Å²) in [5, 5.41) is 2.72. The highest BCUT2D eigenvalue weighted by molar-refractivity contribution is 5.50. The molecule has 0 fully saturated rings. The molecule has 0 aliphatic rings. The Morgan fingerprint density at radius 2 is 2.05 bits per heavy atom. The predicted molar refractivity (Wildman–Crippen MR) is 64.6 cm³/mol. The van der Waals surface area contributed by atoms with E-state index in [9.17, 15) is 13.2 Å². The molecule has 2 heterocycles. The number of aromatic amines is 1.